The molecule has 1 N–H and O–H groups in total. The summed E-state index contributed by atoms with van der Waals surface area (Å²) in [6.45, 7) is 0. The highest BCUT2D eigenvalue weighted by Crippen LogP contribution is 2.36. The fourth-order valence-electron chi connectivity index (χ4n) is 1.76. The van der Waals surface area contributed by atoms with E-state index in [9.17, 15) is 17.5 Å². The standard InChI is InChI=1S/C14H13F2NO2S3/c1-20-8-9-2-4-12(17-22(18)19)14(6-9)21-13-5-3-10(15)7-11(13)16/h2-7,17H,8H2,1H3,(H,18,19)/p-1. The minimum absolute atomic E-state index is 0.224. The number of rotatable bonds is 6. The van der Waals surface area contributed by atoms with Crippen molar-refractivity contribution in [2.75, 3.05) is 11.0 Å². The van der Waals surface area contributed by atoms with E-state index in [0.717, 1.165) is 35.2 Å². The lowest BCUT2D eigenvalue weighted by Gasteiger charge is -2.15. The van der Waals surface area contributed by atoms with E-state index in [-0.39, 0.29) is 4.90 Å². The molecule has 2 aromatic carbocycles. The second kappa shape index (κ2) is 7.96. The van der Waals surface area contributed by atoms with Crippen molar-refractivity contribution in [2.45, 2.75) is 15.5 Å². The topological polar surface area (TPSA) is 52.2 Å². The molecule has 3 nitrogen and oxygen atoms in total. The Morgan fingerprint density at radius 1 is 1.18 bits per heavy atom. The quantitative estimate of drug-likeness (QED) is 0.785. The van der Waals surface area contributed by atoms with E-state index in [2.05, 4.69) is 4.72 Å². The molecule has 118 valence electrons. The highest BCUT2D eigenvalue weighted by Gasteiger charge is 2.10. The molecule has 0 bridgehead atoms. The summed E-state index contributed by atoms with van der Waals surface area (Å²) in [5, 5.41) is 0. The van der Waals surface area contributed by atoms with Gasteiger partial charge in [-0.3, -0.25) is 4.21 Å². The van der Waals surface area contributed by atoms with Gasteiger partial charge in [-0.15, -0.1) is 0 Å². The van der Waals surface area contributed by atoms with Gasteiger partial charge in [0.15, 0.2) is 0 Å². The molecule has 22 heavy (non-hydrogen) atoms. The van der Waals surface area contributed by atoms with Gasteiger partial charge in [-0.25, -0.2) is 8.78 Å². The van der Waals surface area contributed by atoms with Crippen molar-refractivity contribution in [3.05, 3.63) is 53.6 Å². The molecule has 0 radical (unpaired) electrons. The molecule has 1 atom stereocenters. The maximum absolute atomic E-state index is 13.8. The lowest BCUT2D eigenvalue weighted by Crippen LogP contribution is -2.03. The Morgan fingerprint density at radius 3 is 2.59 bits per heavy atom. The molecule has 2 rings (SSSR count). The summed E-state index contributed by atoms with van der Waals surface area (Å²) in [6.07, 6.45) is 1.95. The van der Waals surface area contributed by atoms with Crippen LogP contribution in [-0.4, -0.2) is 15.0 Å². The number of anilines is 1. The van der Waals surface area contributed by atoms with Crippen molar-refractivity contribution in [1.82, 2.24) is 0 Å². The van der Waals surface area contributed by atoms with Gasteiger partial charge < -0.3 is 9.27 Å². The van der Waals surface area contributed by atoms with Crippen molar-refractivity contribution in [3.63, 3.8) is 0 Å². The molecule has 8 heteroatoms. The molecule has 0 saturated heterocycles. The molecular formula is C14H12F2NO2S3-. The summed E-state index contributed by atoms with van der Waals surface area (Å²) >= 11 is 0.188. The zero-order valence-corrected chi connectivity index (χ0v) is 13.9. The lowest BCUT2D eigenvalue weighted by molar-refractivity contribution is 0.542. The predicted octanol–water partition coefficient (Wildman–Crippen LogP) is 4.19. The monoisotopic (exact) mass is 360 g/mol. The molecule has 0 amide bonds. The van der Waals surface area contributed by atoms with Gasteiger partial charge in [0, 0.05) is 32.9 Å². The normalized spacial score (nSPS) is 12.2. The van der Waals surface area contributed by atoms with Crippen molar-refractivity contribution in [1.29, 1.82) is 0 Å². The van der Waals surface area contributed by atoms with Gasteiger partial charge >= 0.3 is 0 Å². The van der Waals surface area contributed by atoms with Gasteiger partial charge in [-0.2, -0.15) is 11.8 Å². The number of hydrogen-bond acceptors (Lipinski definition) is 4. The first kappa shape index (κ1) is 17.3. The maximum atomic E-state index is 13.8. The van der Waals surface area contributed by atoms with Crippen LogP contribution >= 0.6 is 23.5 Å². The third-order valence-electron chi connectivity index (χ3n) is 2.66. The van der Waals surface area contributed by atoms with Gasteiger partial charge in [0.1, 0.15) is 11.6 Å². The Morgan fingerprint density at radius 2 is 1.95 bits per heavy atom. The number of benzene rings is 2. The summed E-state index contributed by atoms with van der Waals surface area (Å²) in [5.74, 6) is -0.591. The van der Waals surface area contributed by atoms with Gasteiger partial charge in [0.25, 0.3) is 0 Å². The van der Waals surface area contributed by atoms with E-state index in [1.807, 2.05) is 6.26 Å². The predicted molar refractivity (Wildman–Crippen MR) is 86.7 cm³/mol. The molecule has 0 aliphatic carbocycles. The van der Waals surface area contributed by atoms with E-state index in [4.69, 9.17) is 0 Å². The Hall–Kier alpha value is -1.09. The van der Waals surface area contributed by atoms with Crippen LogP contribution in [0.15, 0.2) is 46.2 Å². The summed E-state index contributed by atoms with van der Waals surface area (Å²) in [5.41, 5.74) is 1.34. The van der Waals surface area contributed by atoms with E-state index >= 15 is 0 Å². The average Bonchev–Trinajstić information content (AvgIpc) is 2.44. The van der Waals surface area contributed by atoms with Crippen LogP contribution in [-0.2, 0) is 17.0 Å². The van der Waals surface area contributed by atoms with Gasteiger partial charge in [0.2, 0.25) is 0 Å². The molecule has 1 unspecified atom stereocenters. The first-order valence-electron chi connectivity index (χ1n) is 6.10. The molecule has 0 aromatic heterocycles. The maximum Gasteiger partial charge on any atom is 0.140 e. The Balaban J connectivity index is 2.36. The number of halogens is 2. The molecule has 0 spiro atoms. The first-order valence-corrected chi connectivity index (χ1v) is 9.39. The lowest BCUT2D eigenvalue weighted by atomic mass is 10.2. The minimum Gasteiger partial charge on any atom is -0.755 e. The molecular weight excluding hydrogens is 348 g/mol. The highest BCUT2D eigenvalue weighted by atomic mass is 32.2. The SMILES string of the molecule is CSCc1ccc(NS(=O)[O-])c(Sc2ccc(F)cc2F)c1. The van der Waals surface area contributed by atoms with Gasteiger partial charge in [-0.05, 0) is 36.1 Å². The number of hydrogen-bond donors (Lipinski definition) is 1. The zero-order valence-electron chi connectivity index (χ0n) is 11.5. The van der Waals surface area contributed by atoms with Crippen LogP contribution in [0.4, 0.5) is 14.5 Å². The summed E-state index contributed by atoms with van der Waals surface area (Å²) in [7, 11) is 0. The fraction of sp³-hybridized carbons (Fsp3) is 0.143. The summed E-state index contributed by atoms with van der Waals surface area (Å²) in [6, 6.07) is 8.51. The van der Waals surface area contributed by atoms with Crippen molar-refractivity contribution >= 4 is 40.5 Å². The van der Waals surface area contributed by atoms with Crippen LogP contribution in [0.25, 0.3) is 0 Å². The Bertz CT molecular complexity index is 698. The van der Waals surface area contributed by atoms with Crippen molar-refractivity contribution < 1.29 is 17.5 Å². The highest BCUT2D eigenvalue weighted by molar-refractivity contribution is 7.99. The van der Waals surface area contributed by atoms with E-state index in [0.29, 0.717) is 10.6 Å². The van der Waals surface area contributed by atoms with Crippen LogP contribution in [0.1, 0.15) is 5.56 Å². The van der Waals surface area contributed by atoms with Crippen molar-refractivity contribution in [2.24, 2.45) is 0 Å². The number of nitrogens with one attached hydrogen (secondary N) is 1. The third-order valence-corrected chi connectivity index (χ3v) is 4.78. The third kappa shape index (κ3) is 4.70. The minimum atomic E-state index is -2.48. The largest absolute Gasteiger partial charge is 0.755 e. The van der Waals surface area contributed by atoms with Crippen LogP contribution in [0, 0.1) is 11.6 Å². The number of thioether (sulfide) groups is 1. The van der Waals surface area contributed by atoms with E-state index < -0.39 is 22.9 Å². The molecule has 0 fully saturated rings. The van der Waals surface area contributed by atoms with Crippen LogP contribution in [0.2, 0.25) is 0 Å². The summed E-state index contributed by atoms with van der Waals surface area (Å²) < 4.78 is 50.7. The van der Waals surface area contributed by atoms with E-state index in [1.54, 1.807) is 30.0 Å². The fourth-order valence-corrected chi connectivity index (χ4v) is 3.66. The Labute approximate surface area is 138 Å². The van der Waals surface area contributed by atoms with E-state index in [1.165, 1.54) is 6.07 Å². The summed E-state index contributed by atoms with van der Waals surface area (Å²) in [4.78, 5) is 0.781. The Kier molecular flexibility index (Phi) is 6.25. The molecule has 0 heterocycles. The smallest absolute Gasteiger partial charge is 0.140 e. The second-order valence-electron chi connectivity index (χ2n) is 4.28. The molecule has 0 saturated carbocycles. The first-order chi connectivity index (χ1) is 10.5. The van der Waals surface area contributed by atoms with Crippen LogP contribution < -0.4 is 4.72 Å². The molecule has 0 aliphatic heterocycles. The second-order valence-corrected chi connectivity index (χ2v) is 6.90. The molecule has 0 aliphatic rings. The van der Waals surface area contributed by atoms with Crippen LogP contribution in [0.3, 0.4) is 0 Å². The molecule has 2 aromatic rings. The van der Waals surface area contributed by atoms with Gasteiger partial charge in [-0.1, -0.05) is 17.8 Å². The zero-order chi connectivity index (χ0) is 16.1. The average molecular weight is 360 g/mol. The van der Waals surface area contributed by atoms with Crippen molar-refractivity contribution in [3.8, 4) is 0 Å². The van der Waals surface area contributed by atoms with Gasteiger partial charge in [0.05, 0.1) is 5.69 Å². The van der Waals surface area contributed by atoms with Crippen LogP contribution in [0.5, 0.6) is 0 Å².